The molecule has 1 amide bonds. The van der Waals surface area contributed by atoms with E-state index in [2.05, 4.69) is 0 Å². The number of nitrogens with zero attached hydrogens (tertiary/aromatic N) is 1. The monoisotopic (exact) mass is 264 g/mol. The third kappa shape index (κ3) is 6.01. The molecule has 2 N–H and O–H groups in total. The molecule has 0 aliphatic rings. The molecule has 1 rings (SSSR count). The largest absolute Gasteiger partial charge is 0.460 e. The van der Waals surface area contributed by atoms with Gasteiger partial charge in [0, 0.05) is 6.04 Å². The molecule has 5 heteroatoms. The highest BCUT2D eigenvalue weighted by atomic mass is 16.5. The first-order valence-corrected chi connectivity index (χ1v) is 6.21. The molecule has 0 heterocycles. The Hall–Kier alpha value is -1.88. The van der Waals surface area contributed by atoms with Crippen LogP contribution in [0.1, 0.15) is 19.4 Å². The summed E-state index contributed by atoms with van der Waals surface area (Å²) in [6.07, 6.45) is 0. The molecule has 0 fully saturated rings. The van der Waals surface area contributed by atoms with Gasteiger partial charge in [-0.25, -0.2) is 0 Å². The van der Waals surface area contributed by atoms with Gasteiger partial charge >= 0.3 is 5.97 Å². The van der Waals surface area contributed by atoms with E-state index in [1.165, 1.54) is 0 Å². The van der Waals surface area contributed by atoms with Crippen LogP contribution in [0, 0.1) is 0 Å². The number of benzene rings is 1. The average Bonchev–Trinajstić information content (AvgIpc) is 2.36. The topological polar surface area (TPSA) is 72.6 Å². The first-order valence-electron chi connectivity index (χ1n) is 6.21. The van der Waals surface area contributed by atoms with Gasteiger partial charge in [0.1, 0.15) is 6.61 Å². The maximum Gasteiger partial charge on any atom is 0.320 e. The smallest absolute Gasteiger partial charge is 0.320 e. The fourth-order valence-corrected chi connectivity index (χ4v) is 1.57. The van der Waals surface area contributed by atoms with Crippen molar-refractivity contribution >= 4 is 11.9 Å². The van der Waals surface area contributed by atoms with Gasteiger partial charge in [-0.1, -0.05) is 30.3 Å². The second-order valence-corrected chi connectivity index (χ2v) is 4.61. The van der Waals surface area contributed by atoms with Crippen LogP contribution in [-0.4, -0.2) is 35.9 Å². The van der Waals surface area contributed by atoms with Crippen LogP contribution in [0.2, 0.25) is 0 Å². The van der Waals surface area contributed by atoms with Gasteiger partial charge in [-0.3, -0.25) is 14.5 Å². The highest BCUT2D eigenvalue weighted by Gasteiger charge is 2.16. The predicted octanol–water partition coefficient (Wildman–Crippen LogP) is 0.926. The number of hydrogen-bond donors (Lipinski definition) is 1. The van der Waals surface area contributed by atoms with Crippen LogP contribution < -0.4 is 5.73 Å². The van der Waals surface area contributed by atoms with Crippen LogP contribution in [-0.2, 0) is 20.9 Å². The Morgan fingerprint density at radius 2 is 1.84 bits per heavy atom. The van der Waals surface area contributed by atoms with Crippen LogP contribution in [0.3, 0.4) is 0 Å². The van der Waals surface area contributed by atoms with E-state index in [9.17, 15) is 9.59 Å². The molecule has 104 valence electrons. The molecular weight excluding hydrogens is 244 g/mol. The molecule has 0 aliphatic carbocycles. The normalized spacial score (nSPS) is 10.7. The number of carbonyl (C=O) groups excluding carboxylic acids is 2. The van der Waals surface area contributed by atoms with Gasteiger partial charge in [0.05, 0.1) is 13.1 Å². The molecule has 0 radical (unpaired) electrons. The number of ether oxygens (including phenoxy) is 1. The zero-order chi connectivity index (χ0) is 14.3. The maximum atomic E-state index is 11.7. The van der Waals surface area contributed by atoms with E-state index >= 15 is 0 Å². The first-order chi connectivity index (χ1) is 8.99. The molecule has 0 aromatic heterocycles. The molecule has 0 atom stereocenters. The van der Waals surface area contributed by atoms with Crippen LogP contribution in [0.5, 0.6) is 0 Å². The number of esters is 1. The summed E-state index contributed by atoms with van der Waals surface area (Å²) >= 11 is 0. The number of carbonyl (C=O) groups is 2. The summed E-state index contributed by atoms with van der Waals surface area (Å²) in [4.78, 5) is 24.3. The summed E-state index contributed by atoms with van der Waals surface area (Å²) in [7, 11) is 0. The van der Waals surface area contributed by atoms with E-state index < -0.39 is 5.91 Å². The van der Waals surface area contributed by atoms with Crippen molar-refractivity contribution < 1.29 is 14.3 Å². The minimum absolute atomic E-state index is 0.0526. The summed E-state index contributed by atoms with van der Waals surface area (Å²) in [6, 6.07) is 9.50. The molecule has 1 aromatic carbocycles. The highest BCUT2D eigenvalue weighted by molar-refractivity contribution is 5.77. The Balaban J connectivity index is 2.42. The summed E-state index contributed by atoms with van der Waals surface area (Å²) in [5, 5.41) is 0. The van der Waals surface area contributed by atoms with E-state index in [0.717, 1.165) is 5.56 Å². The number of amides is 1. The standard InChI is InChI=1S/C14H20N2O3/c1-11(2)16(8-13(15)17)9-14(18)19-10-12-6-4-3-5-7-12/h3-7,11H,8-10H2,1-2H3,(H2,15,17). The van der Waals surface area contributed by atoms with Crippen LogP contribution in [0.25, 0.3) is 0 Å². The minimum atomic E-state index is -0.454. The van der Waals surface area contributed by atoms with Gasteiger partial charge in [-0.2, -0.15) is 0 Å². The molecule has 0 saturated heterocycles. The van der Waals surface area contributed by atoms with Crippen molar-refractivity contribution in [2.75, 3.05) is 13.1 Å². The van der Waals surface area contributed by atoms with Gasteiger partial charge in [-0.05, 0) is 19.4 Å². The third-order valence-corrected chi connectivity index (χ3v) is 2.66. The third-order valence-electron chi connectivity index (χ3n) is 2.66. The van der Waals surface area contributed by atoms with Crippen molar-refractivity contribution in [1.82, 2.24) is 4.90 Å². The van der Waals surface area contributed by atoms with Crippen molar-refractivity contribution in [2.45, 2.75) is 26.5 Å². The lowest BCUT2D eigenvalue weighted by atomic mass is 10.2. The van der Waals surface area contributed by atoms with Gasteiger partial charge in [0.2, 0.25) is 5.91 Å². The molecule has 19 heavy (non-hydrogen) atoms. The summed E-state index contributed by atoms with van der Waals surface area (Å²) in [6.45, 7) is 4.15. The van der Waals surface area contributed by atoms with Crippen molar-refractivity contribution in [3.05, 3.63) is 35.9 Å². The molecule has 0 spiro atoms. The number of nitrogens with two attached hydrogens (primary N) is 1. The van der Waals surface area contributed by atoms with Crippen LogP contribution in [0.4, 0.5) is 0 Å². The molecular formula is C14H20N2O3. The maximum absolute atomic E-state index is 11.7. The fourth-order valence-electron chi connectivity index (χ4n) is 1.57. The zero-order valence-electron chi connectivity index (χ0n) is 11.3. The molecule has 0 saturated carbocycles. The number of primary amides is 1. The van der Waals surface area contributed by atoms with Crippen molar-refractivity contribution in [2.24, 2.45) is 5.73 Å². The molecule has 0 unspecified atom stereocenters. The van der Waals surface area contributed by atoms with Gasteiger partial charge in [0.25, 0.3) is 0 Å². The predicted molar refractivity (Wildman–Crippen MR) is 72.1 cm³/mol. The van der Waals surface area contributed by atoms with Gasteiger partial charge in [0.15, 0.2) is 0 Å². The van der Waals surface area contributed by atoms with E-state index in [-0.39, 0.29) is 31.7 Å². The van der Waals surface area contributed by atoms with Crippen molar-refractivity contribution in [1.29, 1.82) is 0 Å². The SMILES string of the molecule is CC(C)N(CC(N)=O)CC(=O)OCc1ccccc1. The second-order valence-electron chi connectivity index (χ2n) is 4.61. The quantitative estimate of drug-likeness (QED) is 0.743. The van der Waals surface area contributed by atoms with Crippen LogP contribution >= 0.6 is 0 Å². The second kappa shape index (κ2) is 7.53. The molecule has 5 nitrogen and oxygen atoms in total. The number of hydrogen-bond acceptors (Lipinski definition) is 4. The Morgan fingerprint density at radius 3 is 2.37 bits per heavy atom. The van der Waals surface area contributed by atoms with E-state index in [1.807, 2.05) is 44.2 Å². The first kappa shape index (κ1) is 15.2. The Labute approximate surface area is 113 Å². The Bertz CT molecular complexity index is 418. The molecule has 0 aliphatic heterocycles. The van der Waals surface area contributed by atoms with E-state index in [1.54, 1.807) is 4.90 Å². The Kier molecular flexibility index (Phi) is 6.02. The number of rotatable bonds is 7. The lowest BCUT2D eigenvalue weighted by Gasteiger charge is -2.23. The summed E-state index contributed by atoms with van der Waals surface area (Å²) in [5.41, 5.74) is 6.07. The van der Waals surface area contributed by atoms with E-state index in [0.29, 0.717) is 0 Å². The van der Waals surface area contributed by atoms with Gasteiger partial charge in [-0.15, -0.1) is 0 Å². The van der Waals surface area contributed by atoms with Crippen molar-refractivity contribution in [3.63, 3.8) is 0 Å². The zero-order valence-corrected chi connectivity index (χ0v) is 11.3. The lowest BCUT2D eigenvalue weighted by molar-refractivity contribution is -0.147. The van der Waals surface area contributed by atoms with Gasteiger partial charge < -0.3 is 10.5 Å². The molecule has 0 bridgehead atoms. The van der Waals surface area contributed by atoms with Crippen molar-refractivity contribution in [3.8, 4) is 0 Å². The highest BCUT2D eigenvalue weighted by Crippen LogP contribution is 2.03. The lowest BCUT2D eigenvalue weighted by Crippen LogP contribution is -2.42. The Morgan fingerprint density at radius 1 is 1.21 bits per heavy atom. The summed E-state index contributed by atoms with van der Waals surface area (Å²) in [5.74, 6) is -0.816. The van der Waals surface area contributed by atoms with E-state index in [4.69, 9.17) is 10.5 Å². The minimum Gasteiger partial charge on any atom is -0.460 e. The van der Waals surface area contributed by atoms with Crippen LogP contribution in [0.15, 0.2) is 30.3 Å². The average molecular weight is 264 g/mol. The fraction of sp³-hybridized carbons (Fsp3) is 0.429. The molecule has 1 aromatic rings. The summed E-state index contributed by atoms with van der Waals surface area (Å²) < 4.78 is 5.16.